The first-order valence-electron chi connectivity index (χ1n) is 9.40. The minimum Gasteiger partial charge on any atom is -0.494 e. The van der Waals surface area contributed by atoms with Crippen molar-refractivity contribution in [3.05, 3.63) is 23.8 Å². The van der Waals surface area contributed by atoms with Gasteiger partial charge in [-0.3, -0.25) is 4.99 Å². The Bertz CT molecular complexity index is 801. The number of aromatic hydroxyl groups is 1. The van der Waals surface area contributed by atoms with Gasteiger partial charge in [0, 0.05) is 23.2 Å². The van der Waals surface area contributed by atoms with E-state index in [2.05, 4.69) is 42.4 Å². The fourth-order valence-electron chi connectivity index (χ4n) is 4.12. The Kier molecular flexibility index (Phi) is 4.42. The van der Waals surface area contributed by atoms with Gasteiger partial charge in [0.25, 0.3) is 0 Å². The lowest BCUT2D eigenvalue weighted by Gasteiger charge is -2.15. The van der Waals surface area contributed by atoms with E-state index < -0.39 is 0 Å². The van der Waals surface area contributed by atoms with Gasteiger partial charge in [0.1, 0.15) is 0 Å². The van der Waals surface area contributed by atoms with Crippen LogP contribution in [-0.4, -0.2) is 41.2 Å². The van der Waals surface area contributed by atoms with Crippen molar-refractivity contribution < 1.29 is 9.84 Å². The molecule has 4 rings (SSSR count). The second-order valence-electron chi connectivity index (χ2n) is 7.40. The summed E-state index contributed by atoms with van der Waals surface area (Å²) in [6, 6.07) is 7.15. The molecule has 134 valence electrons. The molecular formula is C20H27N3O2. The summed E-state index contributed by atoms with van der Waals surface area (Å²) in [6.07, 6.45) is 5.10. The van der Waals surface area contributed by atoms with Gasteiger partial charge in [-0.1, -0.05) is 12.8 Å². The predicted molar refractivity (Wildman–Crippen MR) is 102 cm³/mol. The summed E-state index contributed by atoms with van der Waals surface area (Å²) in [5.41, 5.74) is 3.86. The summed E-state index contributed by atoms with van der Waals surface area (Å²) >= 11 is 0. The van der Waals surface area contributed by atoms with E-state index in [-0.39, 0.29) is 6.04 Å². The molecule has 1 aliphatic heterocycles. The molecule has 1 aromatic carbocycles. The second kappa shape index (κ2) is 6.71. The van der Waals surface area contributed by atoms with Crippen LogP contribution in [0.5, 0.6) is 5.88 Å². The first-order chi connectivity index (χ1) is 12.1. The van der Waals surface area contributed by atoms with Crippen LogP contribution in [0.15, 0.2) is 23.2 Å². The van der Waals surface area contributed by atoms with Crippen molar-refractivity contribution in [2.45, 2.75) is 51.6 Å². The van der Waals surface area contributed by atoms with Gasteiger partial charge in [0.2, 0.25) is 5.88 Å². The number of hydrogen-bond donors (Lipinski definition) is 2. The zero-order chi connectivity index (χ0) is 17.4. The number of fused-ring (bicyclic) bond motifs is 1. The lowest BCUT2D eigenvalue weighted by atomic mass is 10.1. The van der Waals surface area contributed by atoms with Gasteiger partial charge in [-0.15, -0.1) is 0 Å². The smallest absolute Gasteiger partial charge is 0.201 e. The maximum absolute atomic E-state index is 10.9. The second-order valence-corrected chi connectivity index (χ2v) is 7.40. The van der Waals surface area contributed by atoms with Crippen LogP contribution in [0.4, 0.5) is 5.69 Å². The average molecular weight is 341 g/mol. The van der Waals surface area contributed by atoms with Gasteiger partial charge >= 0.3 is 0 Å². The van der Waals surface area contributed by atoms with Crippen LogP contribution < -0.4 is 5.32 Å². The van der Waals surface area contributed by atoms with Crippen LogP contribution in [0.25, 0.3) is 10.9 Å². The molecule has 0 radical (unpaired) electrons. The molecule has 0 spiro atoms. The van der Waals surface area contributed by atoms with Gasteiger partial charge in [-0.25, -0.2) is 0 Å². The topological polar surface area (TPSA) is 58.8 Å². The summed E-state index contributed by atoms with van der Waals surface area (Å²) in [6.45, 7) is 5.95. The van der Waals surface area contributed by atoms with Crippen LogP contribution in [-0.2, 0) is 4.74 Å². The minimum atomic E-state index is 0.176. The van der Waals surface area contributed by atoms with Crippen LogP contribution in [0, 0.1) is 0 Å². The Hall–Kier alpha value is -2.01. The molecule has 0 unspecified atom stereocenters. The molecule has 0 amide bonds. The summed E-state index contributed by atoms with van der Waals surface area (Å²) in [5.74, 6) is 0.298. The molecule has 1 aromatic heterocycles. The number of rotatable bonds is 4. The SMILES string of the molecule is CC(C)n1c(O)c(C2=NCCOC2)c2cc(NC3CCCC3)ccc21. The zero-order valence-corrected chi connectivity index (χ0v) is 15.1. The van der Waals surface area contributed by atoms with E-state index in [4.69, 9.17) is 4.74 Å². The maximum Gasteiger partial charge on any atom is 0.201 e. The summed E-state index contributed by atoms with van der Waals surface area (Å²) in [5, 5.41) is 15.6. The van der Waals surface area contributed by atoms with E-state index in [1.165, 1.54) is 25.7 Å². The molecule has 0 atom stereocenters. The molecule has 25 heavy (non-hydrogen) atoms. The van der Waals surface area contributed by atoms with E-state index in [0.29, 0.717) is 31.7 Å². The molecular weight excluding hydrogens is 314 g/mol. The zero-order valence-electron chi connectivity index (χ0n) is 15.1. The quantitative estimate of drug-likeness (QED) is 0.880. The molecule has 1 aliphatic carbocycles. The molecule has 5 heteroatoms. The van der Waals surface area contributed by atoms with Crippen molar-refractivity contribution in [3.63, 3.8) is 0 Å². The lowest BCUT2D eigenvalue weighted by molar-refractivity contribution is 0.171. The van der Waals surface area contributed by atoms with Crippen LogP contribution in [0.2, 0.25) is 0 Å². The van der Waals surface area contributed by atoms with Crippen molar-refractivity contribution in [1.82, 2.24) is 4.57 Å². The van der Waals surface area contributed by atoms with E-state index in [0.717, 1.165) is 27.9 Å². The number of anilines is 1. The Morgan fingerprint density at radius 3 is 2.76 bits per heavy atom. The first-order valence-corrected chi connectivity index (χ1v) is 9.40. The molecule has 2 aliphatic rings. The third-order valence-corrected chi connectivity index (χ3v) is 5.29. The number of nitrogens with one attached hydrogen (secondary N) is 1. The monoisotopic (exact) mass is 341 g/mol. The molecule has 2 aromatic rings. The Balaban J connectivity index is 1.82. The number of aliphatic imine (C=N–C) groups is 1. The van der Waals surface area contributed by atoms with E-state index in [9.17, 15) is 5.11 Å². The molecule has 0 saturated heterocycles. The Morgan fingerprint density at radius 1 is 1.28 bits per heavy atom. The summed E-state index contributed by atoms with van der Waals surface area (Å²) < 4.78 is 7.57. The molecule has 2 N–H and O–H groups in total. The number of benzene rings is 1. The first kappa shape index (κ1) is 16.5. The molecule has 0 bridgehead atoms. The van der Waals surface area contributed by atoms with Crippen LogP contribution >= 0.6 is 0 Å². The number of hydrogen-bond acceptors (Lipinski definition) is 4. The third-order valence-electron chi connectivity index (χ3n) is 5.29. The van der Waals surface area contributed by atoms with Gasteiger partial charge in [-0.2, -0.15) is 0 Å². The number of aromatic nitrogens is 1. The van der Waals surface area contributed by atoms with Crippen molar-refractivity contribution in [3.8, 4) is 5.88 Å². The average Bonchev–Trinajstić information content (AvgIpc) is 3.20. The Labute approximate surface area is 148 Å². The van der Waals surface area contributed by atoms with Gasteiger partial charge in [0.15, 0.2) is 0 Å². The number of nitrogens with zero attached hydrogens (tertiary/aromatic N) is 2. The highest BCUT2D eigenvalue weighted by molar-refractivity contribution is 6.14. The van der Waals surface area contributed by atoms with Crippen molar-refractivity contribution >= 4 is 22.3 Å². The van der Waals surface area contributed by atoms with Crippen molar-refractivity contribution in [1.29, 1.82) is 0 Å². The highest BCUT2D eigenvalue weighted by atomic mass is 16.5. The summed E-state index contributed by atoms with van der Waals surface area (Å²) in [7, 11) is 0. The van der Waals surface area contributed by atoms with Crippen molar-refractivity contribution in [2.75, 3.05) is 25.1 Å². The van der Waals surface area contributed by atoms with Crippen LogP contribution in [0.3, 0.4) is 0 Å². The van der Waals surface area contributed by atoms with Gasteiger partial charge < -0.3 is 19.7 Å². The highest BCUT2D eigenvalue weighted by Gasteiger charge is 2.24. The largest absolute Gasteiger partial charge is 0.494 e. The molecule has 1 saturated carbocycles. The van der Waals surface area contributed by atoms with E-state index in [1.54, 1.807) is 0 Å². The number of ether oxygens (including phenoxy) is 1. The van der Waals surface area contributed by atoms with Gasteiger partial charge in [0.05, 0.1) is 36.6 Å². The van der Waals surface area contributed by atoms with Gasteiger partial charge in [-0.05, 0) is 44.9 Å². The predicted octanol–water partition coefficient (Wildman–Crippen LogP) is 4.10. The third kappa shape index (κ3) is 3.01. The molecule has 2 heterocycles. The van der Waals surface area contributed by atoms with Crippen molar-refractivity contribution in [2.24, 2.45) is 4.99 Å². The molecule has 1 fully saturated rings. The van der Waals surface area contributed by atoms with E-state index in [1.807, 2.05) is 4.57 Å². The fraction of sp³-hybridized carbons (Fsp3) is 0.550. The van der Waals surface area contributed by atoms with Crippen LogP contribution in [0.1, 0.15) is 51.1 Å². The maximum atomic E-state index is 10.9. The standard InChI is InChI=1S/C20H27N3O2/c1-13(2)23-18-8-7-15(22-14-5-3-4-6-14)11-16(18)19(20(23)24)17-12-25-10-9-21-17/h7-8,11,13-14,22,24H,3-6,9-10,12H2,1-2H3. The highest BCUT2D eigenvalue weighted by Crippen LogP contribution is 2.37. The lowest BCUT2D eigenvalue weighted by Crippen LogP contribution is -2.19. The fourth-order valence-corrected chi connectivity index (χ4v) is 4.12. The summed E-state index contributed by atoms with van der Waals surface area (Å²) in [4.78, 5) is 4.61. The molecule has 5 nitrogen and oxygen atoms in total. The normalized spacial score (nSPS) is 18.9. The Morgan fingerprint density at radius 2 is 2.08 bits per heavy atom. The minimum absolute atomic E-state index is 0.176. The van der Waals surface area contributed by atoms with E-state index >= 15 is 0 Å².